The first-order valence-corrected chi connectivity index (χ1v) is 2.25. The van der Waals surface area contributed by atoms with Gasteiger partial charge in [-0.3, -0.25) is 9.79 Å². The summed E-state index contributed by atoms with van der Waals surface area (Å²) in [5.41, 5.74) is 0. The fourth-order valence-corrected chi connectivity index (χ4v) is 0. The van der Waals surface area contributed by atoms with Crippen molar-refractivity contribution in [2.45, 2.75) is 0 Å². The van der Waals surface area contributed by atoms with E-state index in [-0.39, 0.29) is 56.1 Å². The van der Waals surface area contributed by atoms with Crippen LogP contribution in [0, 0.1) is 0 Å². The van der Waals surface area contributed by atoms with Crippen LogP contribution in [0.15, 0.2) is 0 Å². The third kappa shape index (κ3) is 89.9. The van der Waals surface area contributed by atoms with E-state index in [0.29, 0.717) is 0 Å². The Balaban J connectivity index is -0.0000000800. The van der Waals surface area contributed by atoms with Crippen LogP contribution in [0.2, 0.25) is 0 Å². The Hall–Kier alpha value is 1.65. The zero-order chi connectivity index (χ0) is 4.50. The molecule has 0 saturated heterocycles. The number of hydrogen-bond donors (Lipinski definition) is 2. The first kappa shape index (κ1) is 15.9. The number of halogens is 2. The number of rotatable bonds is 0. The molecule has 0 heterocycles. The monoisotopic (exact) mass is 158 g/mol. The molecule has 0 spiro atoms. The zero-order valence-corrected chi connectivity index (χ0v) is 7.52. The maximum absolute atomic E-state index is 10.4. The van der Waals surface area contributed by atoms with Crippen LogP contribution in [0.25, 0.3) is 0 Å². The predicted molar refractivity (Wildman–Crippen MR) is 13.2 cm³/mol. The van der Waals surface area contributed by atoms with Gasteiger partial charge in [0, 0.05) is 0 Å². The molecule has 2 N–H and O–H groups in total. The van der Waals surface area contributed by atoms with Crippen LogP contribution in [-0.2, 0) is 4.57 Å². The van der Waals surface area contributed by atoms with Gasteiger partial charge in [-0.2, -0.15) is 0 Å². The van der Waals surface area contributed by atoms with Gasteiger partial charge in [0.1, 0.15) is 0 Å². The molecule has 0 radical (unpaired) electrons. The van der Waals surface area contributed by atoms with Crippen LogP contribution in [0.1, 0.15) is 0 Å². The van der Waals surface area contributed by atoms with Crippen molar-refractivity contribution in [1.29, 1.82) is 0 Å². The molecule has 0 atom stereocenters. The van der Waals surface area contributed by atoms with Gasteiger partial charge in [-0.25, -0.2) is 4.57 Å². The van der Waals surface area contributed by atoms with E-state index in [1.165, 1.54) is 0 Å². The van der Waals surface area contributed by atoms with Crippen molar-refractivity contribution in [3.05, 3.63) is 0 Å². The summed E-state index contributed by atoms with van der Waals surface area (Å²) in [6.45, 7) is 0. The average molecular weight is 158 g/mol. The quantitative estimate of drug-likeness (QED) is 0.272. The standard InChI is InChI=1S/FH2O3P.FH.K/c1-5(2,3)4;;/h(H2,2,3,4);1H;/q;;+1/p-1. The Bertz CT molecular complexity index is 59.1. The van der Waals surface area contributed by atoms with Crippen molar-refractivity contribution in [3.63, 3.8) is 0 Å². The predicted octanol–water partition coefficient (Wildman–Crippen LogP) is -5.94. The minimum absolute atomic E-state index is 0. The molecular formula is H2F2KO3P. The second kappa shape index (κ2) is 5.78. The molecule has 0 aromatic rings. The molecule has 0 aliphatic rings. The molecule has 0 aromatic carbocycles. The zero-order valence-electron chi connectivity index (χ0n) is 3.51. The maximum atomic E-state index is 10.4. The molecule has 0 aliphatic heterocycles. The summed E-state index contributed by atoms with van der Waals surface area (Å²) < 4.78 is 19.0. The van der Waals surface area contributed by atoms with Crippen molar-refractivity contribution in [2.75, 3.05) is 0 Å². The fourth-order valence-electron chi connectivity index (χ4n) is 0. The van der Waals surface area contributed by atoms with E-state index < -0.39 is 7.91 Å². The van der Waals surface area contributed by atoms with E-state index in [0.717, 1.165) is 0 Å². The van der Waals surface area contributed by atoms with Gasteiger partial charge in [-0.1, -0.05) is 0 Å². The molecule has 0 fully saturated rings. The van der Waals surface area contributed by atoms with Gasteiger partial charge in [0.25, 0.3) is 0 Å². The van der Waals surface area contributed by atoms with Crippen molar-refractivity contribution in [3.8, 4) is 0 Å². The molecule has 7 heteroatoms. The Kier molecular flexibility index (Phi) is 13.1. The van der Waals surface area contributed by atoms with Gasteiger partial charge in [0.2, 0.25) is 0 Å². The van der Waals surface area contributed by atoms with Gasteiger partial charge in [0.05, 0.1) is 0 Å². The summed E-state index contributed by atoms with van der Waals surface area (Å²) in [4.78, 5) is 13.9. The normalized spacial score (nSPS) is 8.43. The summed E-state index contributed by atoms with van der Waals surface area (Å²) in [7, 11) is -5.14. The Morgan fingerprint density at radius 3 is 1.43 bits per heavy atom. The summed E-state index contributed by atoms with van der Waals surface area (Å²) >= 11 is 0. The van der Waals surface area contributed by atoms with Gasteiger partial charge < -0.3 is 4.70 Å². The van der Waals surface area contributed by atoms with Crippen LogP contribution in [0.5, 0.6) is 0 Å². The van der Waals surface area contributed by atoms with Crippen LogP contribution < -0.4 is 56.1 Å². The van der Waals surface area contributed by atoms with Crippen molar-refractivity contribution in [2.24, 2.45) is 0 Å². The Morgan fingerprint density at radius 2 is 1.43 bits per heavy atom. The molecule has 0 amide bonds. The second-order valence-electron chi connectivity index (χ2n) is 0.473. The van der Waals surface area contributed by atoms with Crippen LogP contribution >= 0.6 is 7.91 Å². The van der Waals surface area contributed by atoms with Gasteiger partial charge in [-0.05, 0) is 0 Å². The first-order chi connectivity index (χ1) is 2.00. The van der Waals surface area contributed by atoms with Crippen molar-refractivity contribution in [1.82, 2.24) is 0 Å². The average Bonchev–Trinajstić information content (AvgIpc) is 0.722. The Morgan fingerprint density at radius 1 is 1.43 bits per heavy atom. The van der Waals surface area contributed by atoms with E-state index in [1.807, 2.05) is 0 Å². The third-order valence-electron chi connectivity index (χ3n) is 0. The molecule has 0 aromatic heterocycles. The molecule has 7 heavy (non-hydrogen) atoms. The summed E-state index contributed by atoms with van der Waals surface area (Å²) in [6, 6.07) is 0. The summed E-state index contributed by atoms with van der Waals surface area (Å²) in [5, 5.41) is 0. The van der Waals surface area contributed by atoms with E-state index in [9.17, 15) is 4.20 Å². The van der Waals surface area contributed by atoms with Crippen LogP contribution in [0.4, 0.5) is 4.20 Å². The Labute approximate surface area is 81.4 Å². The SMILES string of the molecule is O=P(O)(O)F.[F-].[K+]. The van der Waals surface area contributed by atoms with E-state index in [1.54, 1.807) is 0 Å². The van der Waals surface area contributed by atoms with E-state index in [2.05, 4.69) is 0 Å². The number of hydrogen-bond acceptors (Lipinski definition) is 1. The van der Waals surface area contributed by atoms with Crippen LogP contribution in [0.3, 0.4) is 0 Å². The minimum atomic E-state index is -5.14. The summed E-state index contributed by atoms with van der Waals surface area (Å²) in [6.07, 6.45) is 0. The maximum Gasteiger partial charge on any atom is 1.00 e. The van der Waals surface area contributed by atoms with Gasteiger partial charge >= 0.3 is 59.3 Å². The van der Waals surface area contributed by atoms with Gasteiger partial charge in [-0.15, -0.1) is 4.20 Å². The fraction of sp³-hybridized carbons (Fsp3) is 0. The van der Waals surface area contributed by atoms with Crippen LogP contribution in [-0.4, -0.2) is 9.79 Å². The van der Waals surface area contributed by atoms with Crippen molar-refractivity contribution < 1.29 is 74.6 Å². The molecule has 0 unspecified atom stereocenters. The van der Waals surface area contributed by atoms with E-state index in [4.69, 9.17) is 14.4 Å². The van der Waals surface area contributed by atoms with E-state index >= 15 is 0 Å². The molecule has 0 aliphatic carbocycles. The molecule has 0 bridgehead atoms. The molecule has 3 nitrogen and oxygen atoms in total. The molecule has 40 valence electrons. The largest absolute Gasteiger partial charge is 1.00 e. The third-order valence-corrected chi connectivity index (χ3v) is 0. The second-order valence-corrected chi connectivity index (χ2v) is 1.42. The van der Waals surface area contributed by atoms with Gasteiger partial charge in [0.15, 0.2) is 0 Å². The molecule has 0 saturated carbocycles. The minimum Gasteiger partial charge on any atom is -1.00 e. The molecular weight excluding hydrogens is 156 g/mol. The smallest absolute Gasteiger partial charge is 1.00 e. The molecule has 0 rings (SSSR count). The first-order valence-electron chi connectivity index (χ1n) is 0.752. The van der Waals surface area contributed by atoms with Crippen molar-refractivity contribution >= 4 is 7.91 Å². The summed E-state index contributed by atoms with van der Waals surface area (Å²) in [5.74, 6) is 0. The topological polar surface area (TPSA) is 57.5 Å².